The number of nitrogens with zero attached hydrogens (tertiary/aromatic N) is 2. The van der Waals surface area contributed by atoms with Gasteiger partial charge in [-0.2, -0.15) is 0 Å². The molecule has 6 rings (SSSR count). The van der Waals surface area contributed by atoms with Crippen LogP contribution in [0.5, 0.6) is 5.75 Å². The van der Waals surface area contributed by atoms with Crippen LogP contribution in [0.3, 0.4) is 0 Å². The molecule has 12 heteroatoms. The molecule has 6 atom stereocenters. The van der Waals surface area contributed by atoms with Crippen molar-refractivity contribution in [2.45, 2.75) is 69.1 Å². The highest BCUT2D eigenvalue weighted by Crippen LogP contribution is 2.47. The summed E-state index contributed by atoms with van der Waals surface area (Å²) in [6.45, 7) is 6.18. The number of methoxy groups -OCH3 is 1. The average molecular weight is 728 g/mol. The Morgan fingerprint density at radius 1 is 1.18 bits per heavy atom. The van der Waals surface area contributed by atoms with Crippen LogP contribution >= 0.6 is 11.6 Å². The van der Waals surface area contributed by atoms with E-state index < -0.39 is 21.2 Å². The van der Waals surface area contributed by atoms with Crippen molar-refractivity contribution in [3.8, 4) is 5.75 Å². The molecule has 2 amide bonds. The second-order valence-corrected chi connectivity index (χ2v) is 17.2. The monoisotopic (exact) mass is 727 g/mol. The Hall–Kier alpha value is -3.12. The Kier molecular flexibility index (Phi) is 11.2. The summed E-state index contributed by atoms with van der Waals surface area (Å²) in [5.74, 6) is 0.0281. The molecule has 1 spiro atoms. The summed E-state index contributed by atoms with van der Waals surface area (Å²) < 4.78 is 47.3. The summed E-state index contributed by atoms with van der Waals surface area (Å²) >= 11 is 6.44. The number of amides is 2. The number of nitrogens with one attached hydrogen (secondary N) is 1. The number of sulfonamides is 1. The molecule has 0 unspecified atom stereocenters. The third-order valence-corrected chi connectivity index (χ3v) is 13.6. The molecule has 50 heavy (non-hydrogen) atoms. The Morgan fingerprint density at radius 2 is 2.00 bits per heavy atom. The Bertz CT molecular complexity index is 1720. The lowest BCUT2D eigenvalue weighted by molar-refractivity contribution is -0.138. The van der Waals surface area contributed by atoms with Crippen LogP contribution in [0, 0.1) is 17.8 Å². The van der Waals surface area contributed by atoms with Crippen LogP contribution in [0.2, 0.25) is 5.02 Å². The molecule has 2 aliphatic heterocycles. The minimum absolute atomic E-state index is 0.0585. The van der Waals surface area contributed by atoms with Crippen molar-refractivity contribution in [1.82, 2.24) is 9.62 Å². The van der Waals surface area contributed by atoms with Crippen LogP contribution in [0.15, 0.2) is 48.6 Å². The number of rotatable bonds is 6. The second-order valence-electron chi connectivity index (χ2n) is 14.7. The molecule has 1 saturated carbocycles. The Labute approximate surface area is 301 Å². The van der Waals surface area contributed by atoms with E-state index in [1.807, 2.05) is 25.1 Å². The van der Waals surface area contributed by atoms with E-state index in [2.05, 4.69) is 21.8 Å². The van der Waals surface area contributed by atoms with Crippen molar-refractivity contribution in [2.24, 2.45) is 17.8 Å². The van der Waals surface area contributed by atoms with E-state index in [9.17, 15) is 18.0 Å². The summed E-state index contributed by atoms with van der Waals surface area (Å²) in [6.07, 6.45) is 8.98. The highest BCUT2D eigenvalue weighted by atomic mass is 35.5. The average Bonchev–Trinajstić information content (AvgIpc) is 3.23. The molecule has 2 aliphatic carbocycles. The fourth-order valence-corrected chi connectivity index (χ4v) is 9.43. The molecular formula is C38H50ClN3O7S. The molecule has 2 bridgehead atoms. The van der Waals surface area contributed by atoms with Gasteiger partial charge in [0.15, 0.2) is 0 Å². The van der Waals surface area contributed by atoms with Crippen molar-refractivity contribution in [1.29, 1.82) is 0 Å². The van der Waals surface area contributed by atoms with Gasteiger partial charge in [0, 0.05) is 49.8 Å². The number of ether oxygens (including phenoxy) is 3. The number of fused-ring (bicyclic) bond motifs is 4. The van der Waals surface area contributed by atoms with Gasteiger partial charge in [0.1, 0.15) is 12.4 Å². The molecular weight excluding hydrogens is 678 g/mol. The molecule has 1 N–H and O–H groups in total. The normalized spacial score (nSPS) is 29.7. The lowest BCUT2D eigenvalue weighted by atomic mass is 9.68. The van der Waals surface area contributed by atoms with Crippen LogP contribution < -0.4 is 14.4 Å². The van der Waals surface area contributed by atoms with Gasteiger partial charge in [0.05, 0.1) is 30.3 Å². The molecule has 0 saturated heterocycles. The number of allylic oxidation sites excluding steroid dienone is 1. The van der Waals surface area contributed by atoms with E-state index in [1.165, 1.54) is 11.1 Å². The smallest absolute Gasteiger partial charge is 0.264 e. The first-order valence-corrected chi connectivity index (χ1v) is 19.7. The number of halogens is 1. The summed E-state index contributed by atoms with van der Waals surface area (Å²) in [7, 11) is -0.626. The highest BCUT2D eigenvalue weighted by Gasteiger charge is 2.45. The summed E-state index contributed by atoms with van der Waals surface area (Å²) in [6, 6.07) is 11.4. The number of likely N-dealkylation sites (N-methyl/N-ethyl adjacent to an activating group) is 1. The number of benzene rings is 2. The minimum atomic E-state index is -3.98. The summed E-state index contributed by atoms with van der Waals surface area (Å²) in [4.78, 5) is 30.5. The van der Waals surface area contributed by atoms with Crippen molar-refractivity contribution in [2.75, 3.05) is 58.5 Å². The molecule has 0 aromatic heterocycles. The SMILES string of the molecule is COCCN(C)C(=O)CO[C@H]1/C=C/C[C@H](C)[C@@H](C)S(=O)(=O)NC(=O)c2ccc3c(c2)N(C[C@@H]2CC[C@H]21)C[C@@]1(CCCc2cc(Cl)ccc21)CO3. The van der Waals surface area contributed by atoms with Gasteiger partial charge in [-0.15, -0.1) is 0 Å². The maximum absolute atomic E-state index is 13.5. The van der Waals surface area contributed by atoms with Crippen LogP contribution in [-0.2, 0) is 36.1 Å². The number of hydrogen-bond donors (Lipinski definition) is 1. The van der Waals surface area contributed by atoms with Crippen LogP contribution in [0.1, 0.15) is 67.4 Å². The van der Waals surface area contributed by atoms with E-state index >= 15 is 0 Å². The van der Waals surface area contributed by atoms with Crippen molar-refractivity contribution >= 4 is 39.1 Å². The maximum atomic E-state index is 13.5. The zero-order valence-electron chi connectivity index (χ0n) is 29.5. The lowest BCUT2D eigenvalue weighted by Crippen LogP contribution is -2.50. The number of anilines is 1. The van der Waals surface area contributed by atoms with Crippen molar-refractivity contribution in [3.63, 3.8) is 0 Å². The van der Waals surface area contributed by atoms with Crippen molar-refractivity contribution < 1.29 is 32.2 Å². The molecule has 272 valence electrons. The molecule has 0 radical (unpaired) electrons. The Balaban J connectivity index is 1.37. The first kappa shape index (κ1) is 36.7. The van der Waals surface area contributed by atoms with Crippen molar-refractivity contribution in [3.05, 3.63) is 70.3 Å². The van der Waals surface area contributed by atoms with E-state index in [4.69, 9.17) is 25.8 Å². The number of carbonyl (C=O) groups excluding carboxylic acids is 2. The van der Waals surface area contributed by atoms with E-state index in [1.54, 1.807) is 44.2 Å². The molecule has 2 aromatic carbocycles. The third kappa shape index (κ3) is 7.71. The summed E-state index contributed by atoms with van der Waals surface area (Å²) in [5.41, 5.74) is 3.22. The van der Waals surface area contributed by atoms with Gasteiger partial charge in [-0.1, -0.05) is 36.7 Å². The molecule has 1 fully saturated rings. The topological polar surface area (TPSA) is 114 Å². The van der Waals surface area contributed by atoms with E-state index in [0.717, 1.165) is 42.8 Å². The minimum Gasteiger partial charge on any atom is -0.490 e. The predicted octanol–water partition coefficient (Wildman–Crippen LogP) is 5.37. The van der Waals surface area contributed by atoms with Crippen LogP contribution in [0.25, 0.3) is 0 Å². The van der Waals surface area contributed by atoms with Crippen LogP contribution in [-0.4, -0.2) is 90.1 Å². The predicted molar refractivity (Wildman–Crippen MR) is 194 cm³/mol. The van der Waals surface area contributed by atoms with Gasteiger partial charge >= 0.3 is 0 Å². The zero-order chi connectivity index (χ0) is 35.6. The highest BCUT2D eigenvalue weighted by molar-refractivity contribution is 7.90. The zero-order valence-corrected chi connectivity index (χ0v) is 31.1. The molecule has 2 aromatic rings. The number of aryl methyl sites for hydroxylation is 1. The largest absolute Gasteiger partial charge is 0.490 e. The van der Waals surface area contributed by atoms with E-state index in [-0.39, 0.29) is 47.4 Å². The lowest BCUT2D eigenvalue weighted by Gasteiger charge is -2.46. The quantitative estimate of drug-likeness (QED) is 0.395. The van der Waals surface area contributed by atoms with Crippen LogP contribution in [0.4, 0.5) is 5.69 Å². The van der Waals surface area contributed by atoms with Gasteiger partial charge in [0.25, 0.3) is 5.91 Å². The van der Waals surface area contributed by atoms with Gasteiger partial charge in [0.2, 0.25) is 15.9 Å². The van der Waals surface area contributed by atoms with Gasteiger partial charge in [-0.25, -0.2) is 13.1 Å². The van der Waals surface area contributed by atoms with E-state index in [0.29, 0.717) is 45.0 Å². The fraction of sp³-hybridized carbons (Fsp3) is 0.579. The second kappa shape index (κ2) is 15.2. The first-order chi connectivity index (χ1) is 23.9. The fourth-order valence-electron chi connectivity index (χ4n) is 7.95. The molecule has 10 nitrogen and oxygen atoms in total. The van der Waals surface area contributed by atoms with Gasteiger partial charge < -0.3 is 24.0 Å². The standard InChI is InChI=1S/C38H50ClN3O7S/c1-25-7-5-9-34(48-22-36(43)41(3)17-18-47-4)31-13-10-29(31)21-42-23-38(16-6-8-27-19-30(39)12-14-32(27)38)24-49-35-15-11-28(20-33(35)42)37(44)40-50(45,46)26(25)2/h5,9,11-12,14-15,19-20,25-26,29,31,34H,6-8,10,13,16-18,21-24H2,1-4H3,(H,40,44)/b9-5+/t25-,26+,29-,31+,34-,38-/m0/s1. The Morgan fingerprint density at radius 3 is 2.76 bits per heavy atom. The number of hydrogen-bond acceptors (Lipinski definition) is 8. The molecule has 4 aliphatic rings. The number of carbonyl (C=O) groups is 2. The summed E-state index contributed by atoms with van der Waals surface area (Å²) in [5, 5.41) is -0.103. The maximum Gasteiger partial charge on any atom is 0.264 e. The van der Waals surface area contributed by atoms with Gasteiger partial charge in [-0.3, -0.25) is 9.59 Å². The van der Waals surface area contributed by atoms with Gasteiger partial charge in [-0.05, 0) is 105 Å². The molecule has 2 heterocycles. The third-order valence-electron chi connectivity index (χ3n) is 11.5. The first-order valence-electron chi connectivity index (χ1n) is 17.8.